The molecule has 0 saturated carbocycles. The molecule has 3 fully saturated rings. The number of halogens is 3. The second-order valence-corrected chi connectivity index (χ2v) is 12.6. The van der Waals surface area contributed by atoms with Crippen LogP contribution in [-0.4, -0.2) is 102 Å². The fourth-order valence-corrected chi connectivity index (χ4v) is 7.54. The van der Waals surface area contributed by atoms with Crippen LogP contribution < -0.4 is 9.64 Å². The summed E-state index contributed by atoms with van der Waals surface area (Å²) in [5.41, 5.74) is -0.478. The molecule has 5 aliphatic heterocycles. The number of hydrogen-bond acceptors (Lipinski definition) is 11. The fourth-order valence-electron chi connectivity index (χ4n) is 7.54. The minimum Gasteiger partial charge on any atom is -0.508 e. The molecule has 1 N–H and O–H groups in total. The standard InChI is InChI=1S/C33H32F3N5O6/c34-19-12-33(5-1-6-41(33)14-19)17-46-31-38-29-24-13-37-28(27(29)36)23-11-20(42)10-18-2-3-25(35)22(26(18)23)4-8-45-32(43)47-21-15-40(30(24)39-31)7-9-44-16-21/h2-3,10-11,13,19,21,42H,1,4-9,12,14-17H2/t19-,21?,33+/m1/s1. The number of carbonyl (C=O) groups is 1. The maximum absolute atomic E-state index is 16.9. The second kappa shape index (κ2) is 11.7. The van der Waals surface area contributed by atoms with Gasteiger partial charge in [0.05, 0.1) is 37.3 Å². The number of rotatable bonds is 3. The number of fused-ring (bicyclic) bond motifs is 6. The number of pyridine rings is 1. The molecule has 11 nitrogen and oxygen atoms in total. The van der Waals surface area contributed by atoms with Crippen molar-refractivity contribution >= 4 is 33.6 Å². The maximum atomic E-state index is 16.9. The van der Waals surface area contributed by atoms with E-state index in [1.165, 1.54) is 30.5 Å². The van der Waals surface area contributed by atoms with Gasteiger partial charge >= 0.3 is 12.2 Å². The average Bonchev–Trinajstić information content (AvgIpc) is 3.46. The average molecular weight is 652 g/mol. The molecule has 7 heterocycles. The molecular weight excluding hydrogens is 619 g/mol. The van der Waals surface area contributed by atoms with Gasteiger partial charge in [0, 0.05) is 37.7 Å². The Morgan fingerprint density at radius 2 is 2.02 bits per heavy atom. The summed E-state index contributed by atoms with van der Waals surface area (Å²) in [4.78, 5) is 30.3. The highest BCUT2D eigenvalue weighted by Gasteiger charge is 2.49. The van der Waals surface area contributed by atoms with Crippen molar-refractivity contribution in [3.8, 4) is 23.0 Å². The summed E-state index contributed by atoms with van der Waals surface area (Å²) >= 11 is 0. The highest BCUT2D eigenvalue weighted by molar-refractivity contribution is 6.01. The Kier molecular flexibility index (Phi) is 7.43. The third-order valence-corrected chi connectivity index (χ3v) is 9.65. The largest absolute Gasteiger partial charge is 0.508 e. The molecule has 1 unspecified atom stereocenters. The zero-order chi connectivity index (χ0) is 32.3. The van der Waals surface area contributed by atoms with E-state index in [2.05, 4.69) is 14.9 Å². The normalized spacial score (nSPS) is 24.8. The van der Waals surface area contributed by atoms with Crippen LogP contribution in [0, 0.1) is 11.6 Å². The molecule has 3 saturated heterocycles. The summed E-state index contributed by atoms with van der Waals surface area (Å²) < 4.78 is 69.5. The van der Waals surface area contributed by atoms with E-state index in [-0.39, 0.29) is 84.7 Å². The van der Waals surface area contributed by atoms with Gasteiger partial charge in [0.2, 0.25) is 0 Å². The first-order chi connectivity index (χ1) is 22.8. The van der Waals surface area contributed by atoms with Crippen LogP contribution in [0.1, 0.15) is 24.8 Å². The summed E-state index contributed by atoms with van der Waals surface area (Å²) in [6.45, 7) is 1.83. The highest BCUT2D eigenvalue weighted by Crippen LogP contribution is 2.42. The topological polar surface area (TPSA) is 119 Å². The lowest BCUT2D eigenvalue weighted by Crippen LogP contribution is -2.43. The van der Waals surface area contributed by atoms with Crippen LogP contribution in [0.4, 0.5) is 23.8 Å². The number of hydrogen-bond donors (Lipinski definition) is 1. The number of benzene rings is 2. The first-order valence-electron chi connectivity index (χ1n) is 15.8. The molecule has 14 heteroatoms. The van der Waals surface area contributed by atoms with Crippen molar-refractivity contribution in [2.75, 3.05) is 57.5 Å². The highest BCUT2D eigenvalue weighted by atomic mass is 19.1. The second-order valence-electron chi connectivity index (χ2n) is 12.6. The summed E-state index contributed by atoms with van der Waals surface area (Å²) in [5.74, 6) is -1.31. The molecule has 9 rings (SSSR count). The monoisotopic (exact) mass is 651 g/mol. The number of ether oxygens (including phenoxy) is 4. The molecule has 2 aromatic carbocycles. The van der Waals surface area contributed by atoms with Crippen LogP contribution in [0.5, 0.6) is 11.8 Å². The summed E-state index contributed by atoms with van der Waals surface area (Å²) in [7, 11) is 0. The third kappa shape index (κ3) is 5.32. The molecular formula is C33H32F3N5O6. The Labute approximate surface area is 267 Å². The number of phenolic OH excluding ortho intramolecular Hbond substituents is 1. The Morgan fingerprint density at radius 3 is 2.91 bits per heavy atom. The van der Waals surface area contributed by atoms with Crippen molar-refractivity contribution < 1.29 is 42.0 Å². The zero-order valence-corrected chi connectivity index (χ0v) is 25.4. The molecule has 246 valence electrons. The smallest absolute Gasteiger partial charge is 0.508 e. The van der Waals surface area contributed by atoms with Crippen molar-refractivity contribution in [3.63, 3.8) is 0 Å². The van der Waals surface area contributed by atoms with Gasteiger partial charge in [0.15, 0.2) is 5.82 Å². The van der Waals surface area contributed by atoms with Gasteiger partial charge in [-0.3, -0.25) is 9.88 Å². The number of alkyl halides is 1. The molecule has 0 aliphatic carbocycles. The summed E-state index contributed by atoms with van der Waals surface area (Å²) in [5, 5.41) is 11.6. The van der Waals surface area contributed by atoms with Gasteiger partial charge in [-0.1, -0.05) is 6.07 Å². The molecule has 6 bridgehead atoms. The van der Waals surface area contributed by atoms with Crippen LogP contribution in [0.2, 0.25) is 0 Å². The quantitative estimate of drug-likeness (QED) is 0.311. The van der Waals surface area contributed by atoms with Crippen molar-refractivity contribution in [3.05, 3.63) is 47.7 Å². The first-order valence-corrected chi connectivity index (χ1v) is 15.8. The van der Waals surface area contributed by atoms with Gasteiger partial charge in [-0.15, -0.1) is 0 Å². The van der Waals surface area contributed by atoms with E-state index >= 15 is 8.78 Å². The minimum absolute atomic E-state index is 0.0542. The maximum Gasteiger partial charge on any atom is 0.508 e. The van der Waals surface area contributed by atoms with Crippen molar-refractivity contribution in [1.82, 2.24) is 19.9 Å². The SMILES string of the molecule is O=C1OCCc2c(F)ccc3cc(O)cc(c23)-c2ncc3c(nc(OC[C@@]45CCCN4C[C@H](F)C5)nc3c2F)N2CCOCC(C2)O1. The number of nitrogens with zero attached hydrogens (tertiary/aromatic N) is 5. The van der Waals surface area contributed by atoms with E-state index in [4.69, 9.17) is 23.9 Å². The van der Waals surface area contributed by atoms with Crippen LogP contribution >= 0.6 is 0 Å². The van der Waals surface area contributed by atoms with Crippen LogP contribution in [0.15, 0.2) is 30.5 Å². The Bertz CT molecular complexity index is 1900. The number of aromatic nitrogens is 3. The van der Waals surface area contributed by atoms with Crippen molar-refractivity contribution in [1.29, 1.82) is 0 Å². The van der Waals surface area contributed by atoms with E-state index in [1.807, 2.05) is 0 Å². The van der Waals surface area contributed by atoms with Gasteiger partial charge in [0.1, 0.15) is 47.5 Å². The van der Waals surface area contributed by atoms with E-state index < -0.39 is 35.6 Å². The van der Waals surface area contributed by atoms with E-state index in [9.17, 15) is 14.3 Å². The number of phenols is 1. The molecule has 0 spiro atoms. The lowest BCUT2D eigenvalue weighted by molar-refractivity contribution is -0.00384. The van der Waals surface area contributed by atoms with Crippen molar-refractivity contribution in [2.45, 2.75) is 43.5 Å². The number of aromatic hydroxyl groups is 1. The van der Waals surface area contributed by atoms with Crippen LogP contribution in [0.3, 0.4) is 0 Å². The fraction of sp³-hybridized carbons (Fsp3) is 0.455. The summed E-state index contributed by atoms with van der Waals surface area (Å²) in [6, 6.07) is 5.36. The number of carbonyl (C=O) groups excluding carboxylic acids is 1. The molecule has 3 atom stereocenters. The molecule has 0 radical (unpaired) electrons. The van der Waals surface area contributed by atoms with Gasteiger partial charge in [-0.25, -0.2) is 18.0 Å². The van der Waals surface area contributed by atoms with Gasteiger partial charge in [-0.2, -0.15) is 9.97 Å². The van der Waals surface area contributed by atoms with Crippen LogP contribution in [0.25, 0.3) is 32.9 Å². The predicted octanol–water partition coefficient (Wildman–Crippen LogP) is 4.70. The minimum atomic E-state index is -0.961. The van der Waals surface area contributed by atoms with Crippen molar-refractivity contribution in [2.24, 2.45) is 0 Å². The molecule has 5 aliphatic rings. The molecule has 47 heavy (non-hydrogen) atoms. The Morgan fingerprint density at radius 1 is 1.13 bits per heavy atom. The Balaban J connectivity index is 1.32. The molecule has 0 amide bonds. The van der Waals surface area contributed by atoms with E-state index in [0.29, 0.717) is 30.3 Å². The van der Waals surface area contributed by atoms with E-state index in [0.717, 1.165) is 19.4 Å². The molecule has 2 aromatic heterocycles. The third-order valence-electron chi connectivity index (χ3n) is 9.65. The van der Waals surface area contributed by atoms with E-state index in [1.54, 1.807) is 4.90 Å². The lowest BCUT2D eigenvalue weighted by atomic mass is 9.94. The summed E-state index contributed by atoms with van der Waals surface area (Å²) in [6.07, 6.45) is 0.726. The number of anilines is 1. The van der Waals surface area contributed by atoms with Gasteiger partial charge < -0.3 is 29.0 Å². The zero-order valence-electron chi connectivity index (χ0n) is 25.4. The first kappa shape index (κ1) is 29.9. The Hall–Kier alpha value is -4.43. The van der Waals surface area contributed by atoms with Gasteiger partial charge in [0.25, 0.3) is 0 Å². The predicted molar refractivity (Wildman–Crippen MR) is 163 cm³/mol. The molecule has 4 aromatic rings. The van der Waals surface area contributed by atoms with Gasteiger partial charge in [-0.05, 0) is 53.9 Å². The van der Waals surface area contributed by atoms with Crippen LogP contribution in [-0.2, 0) is 20.6 Å². The lowest BCUT2D eigenvalue weighted by Gasteiger charge is -2.31.